The normalized spacial score (nSPS) is 13.1. The van der Waals surface area contributed by atoms with Gasteiger partial charge in [-0.3, -0.25) is 0 Å². The molecule has 27 heavy (non-hydrogen) atoms. The number of nitrogens with zero attached hydrogens (tertiary/aromatic N) is 1. The Hall–Kier alpha value is -2.31. The van der Waals surface area contributed by atoms with E-state index in [2.05, 4.69) is 18.1 Å². The van der Waals surface area contributed by atoms with Gasteiger partial charge in [-0.1, -0.05) is 37.5 Å². The SMILES string of the molecule is C=C/C(=C\C=C(/C)SCc1sc(/C(C=C)=C/C=C\C)nc1C)OCC(=O)O. The Morgan fingerprint density at radius 2 is 2.04 bits per heavy atom. The summed E-state index contributed by atoms with van der Waals surface area (Å²) in [4.78, 5) is 17.5. The Labute approximate surface area is 169 Å². The highest BCUT2D eigenvalue weighted by Gasteiger charge is 2.10. The largest absolute Gasteiger partial charge is 0.482 e. The predicted octanol–water partition coefficient (Wildman–Crippen LogP) is 5.91. The molecule has 6 heteroatoms. The molecule has 1 N–H and O–H groups in total. The van der Waals surface area contributed by atoms with Crippen molar-refractivity contribution in [2.75, 3.05) is 6.61 Å². The van der Waals surface area contributed by atoms with Gasteiger partial charge in [0.05, 0.1) is 5.69 Å². The zero-order chi connectivity index (χ0) is 20.2. The standard InChI is InChI=1S/C21H25NO3S2/c1-6-9-10-17(7-2)21-22-16(5)19(27-21)14-26-15(4)11-12-18(8-3)25-13-20(23)24/h6-12H,2-3,13-14H2,1,4-5H3,(H,23,24)/b9-6-,15-11+,17-10+,18-12+. The highest BCUT2D eigenvalue weighted by atomic mass is 32.2. The summed E-state index contributed by atoms with van der Waals surface area (Å²) in [5.41, 5.74) is 2.04. The van der Waals surface area contributed by atoms with Gasteiger partial charge in [-0.2, -0.15) is 0 Å². The highest BCUT2D eigenvalue weighted by Crippen LogP contribution is 2.30. The Morgan fingerprint density at radius 3 is 2.63 bits per heavy atom. The molecule has 144 valence electrons. The summed E-state index contributed by atoms with van der Waals surface area (Å²) >= 11 is 3.36. The minimum atomic E-state index is -1.02. The van der Waals surface area contributed by atoms with Crippen molar-refractivity contribution in [1.82, 2.24) is 4.98 Å². The van der Waals surface area contributed by atoms with Crippen molar-refractivity contribution in [2.24, 2.45) is 0 Å². The number of carboxylic acids is 1. The molecule has 0 amide bonds. The van der Waals surface area contributed by atoms with Crippen LogP contribution in [0.3, 0.4) is 0 Å². The van der Waals surface area contributed by atoms with Gasteiger partial charge in [0.25, 0.3) is 0 Å². The number of thiazole rings is 1. The predicted molar refractivity (Wildman–Crippen MR) is 117 cm³/mol. The highest BCUT2D eigenvalue weighted by molar-refractivity contribution is 8.02. The molecule has 0 spiro atoms. The summed E-state index contributed by atoms with van der Waals surface area (Å²) in [6, 6.07) is 0. The number of aromatic nitrogens is 1. The molecule has 1 aromatic rings. The molecule has 0 saturated carbocycles. The minimum Gasteiger partial charge on any atom is -0.482 e. The molecular weight excluding hydrogens is 378 g/mol. The number of carboxylic acid groups (broad SMARTS) is 1. The van der Waals surface area contributed by atoms with E-state index in [1.54, 1.807) is 29.2 Å². The van der Waals surface area contributed by atoms with Crippen molar-refractivity contribution >= 4 is 34.6 Å². The molecule has 0 fully saturated rings. The molecular formula is C21H25NO3S2. The Balaban J connectivity index is 2.78. The van der Waals surface area contributed by atoms with E-state index in [1.807, 2.05) is 51.2 Å². The number of rotatable bonds is 11. The van der Waals surface area contributed by atoms with Crippen LogP contribution in [0.1, 0.15) is 29.4 Å². The van der Waals surface area contributed by atoms with Crippen LogP contribution in [-0.2, 0) is 15.3 Å². The second kappa shape index (κ2) is 12.1. The summed E-state index contributed by atoms with van der Waals surface area (Å²) in [7, 11) is 0. The van der Waals surface area contributed by atoms with E-state index in [-0.39, 0.29) is 6.61 Å². The first-order chi connectivity index (χ1) is 12.9. The second-order valence-corrected chi connectivity index (χ2v) is 7.71. The lowest BCUT2D eigenvalue weighted by Crippen LogP contribution is -2.05. The third-order valence-corrected chi connectivity index (χ3v) is 5.72. The number of aryl methyl sites for hydroxylation is 1. The fourth-order valence-electron chi connectivity index (χ4n) is 1.86. The molecule has 0 radical (unpaired) electrons. The van der Waals surface area contributed by atoms with Crippen LogP contribution < -0.4 is 0 Å². The summed E-state index contributed by atoms with van der Waals surface area (Å²) in [5.74, 6) is 0.225. The Bertz CT molecular complexity index is 798. The Kier molecular flexibility index (Phi) is 10.2. The van der Waals surface area contributed by atoms with Crippen molar-refractivity contribution < 1.29 is 14.6 Å². The van der Waals surface area contributed by atoms with Crippen molar-refractivity contribution in [3.05, 3.63) is 81.9 Å². The molecule has 0 unspecified atom stereocenters. The number of hydrogen-bond donors (Lipinski definition) is 1. The topological polar surface area (TPSA) is 59.4 Å². The first kappa shape index (κ1) is 22.7. The number of hydrogen-bond acceptors (Lipinski definition) is 5. The van der Waals surface area contributed by atoms with Gasteiger partial charge < -0.3 is 9.84 Å². The summed E-state index contributed by atoms with van der Waals surface area (Å²) < 4.78 is 5.12. The fourth-order valence-corrected chi connectivity index (χ4v) is 3.88. The van der Waals surface area contributed by atoms with Gasteiger partial charge in [0.2, 0.25) is 0 Å². The monoisotopic (exact) mass is 403 g/mol. The van der Waals surface area contributed by atoms with Crippen LogP contribution in [0.25, 0.3) is 5.57 Å². The molecule has 0 aliphatic heterocycles. The number of thioether (sulfide) groups is 1. The molecule has 0 aromatic carbocycles. The van der Waals surface area contributed by atoms with E-state index in [4.69, 9.17) is 9.84 Å². The van der Waals surface area contributed by atoms with Crippen LogP contribution in [0.5, 0.6) is 0 Å². The fraction of sp³-hybridized carbons (Fsp3) is 0.238. The van der Waals surface area contributed by atoms with Crippen LogP contribution >= 0.6 is 23.1 Å². The van der Waals surface area contributed by atoms with Crippen LogP contribution in [0.4, 0.5) is 0 Å². The third kappa shape index (κ3) is 8.28. The maximum atomic E-state index is 10.6. The van der Waals surface area contributed by atoms with Crippen molar-refractivity contribution in [1.29, 1.82) is 0 Å². The maximum Gasteiger partial charge on any atom is 0.341 e. The van der Waals surface area contributed by atoms with Gasteiger partial charge in [0.1, 0.15) is 10.8 Å². The number of carbonyl (C=O) groups is 1. The third-order valence-electron chi connectivity index (χ3n) is 3.30. The second-order valence-electron chi connectivity index (χ2n) is 5.40. The smallest absolute Gasteiger partial charge is 0.341 e. The van der Waals surface area contributed by atoms with E-state index in [0.29, 0.717) is 5.76 Å². The van der Waals surface area contributed by atoms with Gasteiger partial charge >= 0.3 is 5.97 Å². The van der Waals surface area contributed by atoms with Gasteiger partial charge in [0, 0.05) is 16.2 Å². The number of aliphatic carboxylic acids is 1. The maximum absolute atomic E-state index is 10.6. The van der Waals surface area contributed by atoms with Gasteiger partial charge in [-0.15, -0.1) is 23.1 Å². The zero-order valence-electron chi connectivity index (χ0n) is 15.9. The van der Waals surface area contributed by atoms with Crippen LogP contribution in [0, 0.1) is 6.92 Å². The molecule has 1 rings (SSSR count). The van der Waals surface area contributed by atoms with Gasteiger partial charge in [-0.25, -0.2) is 9.78 Å². The zero-order valence-corrected chi connectivity index (χ0v) is 17.5. The molecule has 0 aliphatic rings. The molecule has 4 nitrogen and oxygen atoms in total. The quantitative estimate of drug-likeness (QED) is 0.368. The van der Waals surface area contributed by atoms with Gasteiger partial charge in [-0.05, 0) is 43.9 Å². The van der Waals surface area contributed by atoms with Crippen molar-refractivity contribution in [2.45, 2.75) is 26.5 Å². The minimum absolute atomic E-state index is 0.382. The van der Waals surface area contributed by atoms with Crippen LogP contribution in [0.15, 0.2) is 66.4 Å². The molecule has 1 aromatic heterocycles. The molecule has 0 aliphatic carbocycles. The van der Waals surface area contributed by atoms with Crippen molar-refractivity contribution in [3.8, 4) is 0 Å². The summed E-state index contributed by atoms with van der Waals surface area (Å²) in [6.45, 7) is 13.1. The van der Waals surface area contributed by atoms with E-state index in [9.17, 15) is 4.79 Å². The summed E-state index contributed by atoms with van der Waals surface area (Å²) in [5, 5.41) is 9.62. The molecule has 0 bridgehead atoms. The van der Waals surface area contributed by atoms with Crippen LogP contribution in [0.2, 0.25) is 0 Å². The Morgan fingerprint density at radius 1 is 1.30 bits per heavy atom. The van der Waals surface area contributed by atoms with Gasteiger partial charge in [0.15, 0.2) is 6.61 Å². The molecule has 1 heterocycles. The number of ether oxygens (including phenoxy) is 1. The lowest BCUT2D eigenvalue weighted by molar-refractivity contribution is -0.140. The average Bonchev–Trinajstić information content (AvgIpc) is 3.01. The van der Waals surface area contributed by atoms with Crippen LogP contribution in [-0.4, -0.2) is 22.7 Å². The lowest BCUT2D eigenvalue weighted by atomic mass is 10.2. The van der Waals surface area contributed by atoms with E-state index < -0.39 is 5.97 Å². The molecule has 0 atom stereocenters. The van der Waals surface area contributed by atoms with Crippen molar-refractivity contribution in [3.63, 3.8) is 0 Å². The van der Waals surface area contributed by atoms with E-state index >= 15 is 0 Å². The molecule has 0 saturated heterocycles. The number of allylic oxidation sites excluding steroid dienone is 9. The average molecular weight is 404 g/mol. The van der Waals surface area contributed by atoms with E-state index in [0.717, 1.165) is 26.9 Å². The summed E-state index contributed by atoms with van der Waals surface area (Å²) in [6.07, 6.45) is 12.9. The lowest BCUT2D eigenvalue weighted by Gasteiger charge is -2.03. The van der Waals surface area contributed by atoms with E-state index in [1.165, 1.54) is 11.0 Å². The first-order valence-electron chi connectivity index (χ1n) is 8.31. The first-order valence-corrected chi connectivity index (χ1v) is 10.1.